The molecular formula is C17H24O2. The summed E-state index contributed by atoms with van der Waals surface area (Å²) in [6.45, 7) is 8.63. The third kappa shape index (κ3) is 5.64. The van der Waals surface area contributed by atoms with Gasteiger partial charge >= 0.3 is 0 Å². The van der Waals surface area contributed by atoms with E-state index in [1.54, 1.807) is 12.1 Å². The van der Waals surface area contributed by atoms with E-state index in [4.69, 9.17) is 0 Å². The minimum absolute atomic E-state index is 0.0511. The average Bonchev–Trinajstić information content (AvgIpc) is 2.33. The van der Waals surface area contributed by atoms with Crippen LogP contribution in [0.3, 0.4) is 0 Å². The molecule has 0 aromatic heterocycles. The fourth-order valence-electron chi connectivity index (χ4n) is 1.63. The lowest BCUT2D eigenvalue weighted by Gasteiger charge is -2.15. The fourth-order valence-corrected chi connectivity index (χ4v) is 1.63. The van der Waals surface area contributed by atoms with Crippen molar-refractivity contribution in [3.63, 3.8) is 0 Å². The molecule has 0 aliphatic rings. The monoisotopic (exact) mass is 260 g/mol. The zero-order chi connectivity index (χ0) is 14.5. The van der Waals surface area contributed by atoms with Crippen molar-refractivity contribution in [2.45, 2.75) is 34.1 Å². The zero-order valence-corrected chi connectivity index (χ0v) is 12.2. The number of phenolic OH excluding ortho intramolecular Hbond substituents is 2. The Bertz CT molecular complexity index is 450. The van der Waals surface area contributed by atoms with Crippen LogP contribution in [0.15, 0.2) is 36.4 Å². The van der Waals surface area contributed by atoms with E-state index >= 15 is 0 Å². The van der Waals surface area contributed by atoms with Crippen molar-refractivity contribution in [3.8, 4) is 11.5 Å². The number of allylic oxidation sites excluding steroid dienone is 3. The summed E-state index contributed by atoms with van der Waals surface area (Å²) in [5, 5.41) is 18.8. The molecule has 1 aromatic carbocycles. The summed E-state index contributed by atoms with van der Waals surface area (Å²) < 4.78 is 0. The van der Waals surface area contributed by atoms with Gasteiger partial charge in [0.2, 0.25) is 0 Å². The fraction of sp³-hybridized carbons (Fsp3) is 0.412. The normalized spacial score (nSPS) is 14.3. The highest BCUT2D eigenvalue weighted by molar-refractivity contribution is 5.55. The maximum Gasteiger partial charge on any atom is 0.119 e. The SMILES string of the molecule is CCC(C)C=CC(C)(C)C=Cc1cc(O)cc(O)c1. The van der Waals surface area contributed by atoms with Gasteiger partial charge in [-0.15, -0.1) is 0 Å². The van der Waals surface area contributed by atoms with Gasteiger partial charge in [0.15, 0.2) is 0 Å². The second-order valence-corrected chi connectivity index (χ2v) is 5.68. The summed E-state index contributed by atoms with van der Waals surface area (Å²) in [5.74, 6) is 0.734. The second kappa shape index (κ2) is 6.46. The number of rotatable bonds is 5. The molecule has 2 heteroatoms. The molecule has 0 spiro atoms. The van der Waals surface area contributed by atoms with Crippen LogP contribution >= 0.6 is 0 Å². The van der Waals surface area contributed by atoms with Crippen LogP contribution in [-0.4, -0.2) is 10.2 Å². The van der Waals surface area contributed by atoms with Crippen LogP contribution < -0.4 is 0 Å². The van der Waals surface area contributed by atoms with Gasteiger partial charge in [-0.1, -0.05) is 58.4 Å². The summed E-state index contributed by atoms with van der Waals surface area (Å²) >= 11 is 0. The van der Waals surface area contributed by atoms with Gasteiger partial charge in [-0.25, -0.2) is 0 Å². The number of hydrogen-bond donors (Lipinski definition) is 2. The van der Waals surface area contributed by atoms with E-state index < -0.39 is 0 Å². The Morgan fingerprint density at radius 3 is 2.21 bits per heavy atom. The van der Waals surface area contributed by atoms with E-state index in [0.717, 1.165) is 12.0 Å². The van der Waals surface area contributed by atoms with Gasteiger partial charge in [-0.3, -0.25) is 0 Å². The summed E-state index contributed by atoms with van der Waals surface area (Å²) in [4.78, 5) is 0. The van der Waals surface area contributed by atoms with Crippen molar-refractivity contribution in [3.05, 3.63) is 42.0 Å². The number of hydrogen-bond acceptors (Lipinski definition) is 2. The molecule has 2 N–H and O–H groups in total. The molecule has 0 aliphatic heterocycles. The first-order valence-corrected chi connectivity index (χ1v) is 6.74. The molecule has 19 heavy (non-hydrogen) atoms. The van der Waals surface area contributed by atoms with Crippen molar-refractivity contribution in [1.29, 1.82) is 0 Å². The van der Waals surface area contributed by atoms with E-state index in [9.17, 15) is 10.2 Å². The molecule has 0 aliphatic carbocycles. The molecule has 1 rings (SSSR count). The molecule has 0 radical (unpaired) electrons. The molecule has 1 aromatic rings. The lowest BCUT2D eigenvalue weighted by Crippen LogP contribution is -2.03. The minimum atomic E-state index is -0.0511. The van der Waals surface area contributed by atoms with Gasteiger partial charge in [-0.05, 0) is 23.6 Å². The maximum atomic E-state index is 9.42. The number of phenols is 2. The van der Waals surface area contributed by atoms with Gasteiger partial charge in [-0.2, -0.15) is 0 Å². The molecule has 0 saturated heterocycles. The van der Waals surface area contributed by atoms with E-state index in [-0.39, 0.29) is 16.9 Å². The Kier molecular flexibility index (Phi) is 5.22. The third-order valence-electron chi connectivity index (χ3n) is 3.13. The minimum Gasteiger partial charge on any atom is -0.508 e. The van der Waals surface area contributed by atoms with Crippen LogP contribution in [0.2, 0.25) is 0 Å². The molecule has 0 saturated carbocycles. The Balaban J connectivity index is 2.81. The highest BCUT2D eigenvalue weighted by Crippen LogP contribution is 2.25. The van der Waals surface area contributed by atoms with Crippen molar-refractivity contribution in [2.24, 2.45) is 11.3 Å². The maximum absolute atomic E-state index is 9.42. The Morgan fingerprint density at radius 2 is 1.68 bits per heavy atom. The quantitative estimate of drug-likeness (QED) is 0.751. The predicted octanol–water partition coefficient (Wildman–Crippen LogP) is 4.74. The van der Waals surface area contributed by atoms with E-state index in [0.29, 0.717) is 5.92 Å². The van der Waals surface area contributed by atoms with E-state index in [2.05, 4.69) is 45.9 Å². The van der Waals surface area contributed by atoms with Crippen LogP contribution in [0.4, 0.5) is 0 Å². The molecule has 0 bridgehead atoms. The van der Waals surface area contributed by atoms with E-state index in [1.807, 2.05) is 6.08 Å². The molecule has 0 heterocycles. The van der Waals surface area contributed by atoms with Gasteiger partial charge in [0.25, 0.3) is 0 Å². The third-order valence-corrected chi connectivity index (χ3v) is 3.13. The lowest BCUT2D eigenvalue weighted by atomic mass is 9.90. The second-order valence-electron chi connectivity index (χ2n) is 5.68. The number of benzene rings is 1. The number of aromatic hydroxyl groups is 2. The van der Waals surface area contributed by atoms with Crippen LogP contribution in [0.25, 0.3) is 6.08 Å². The summed E-state index contributed by atoms with van der Waals surface area (Å²) in [5.41, 5.74) is 0.743. The zero-order valence-electron chi connectivity index (χ0n) is 12.2. The Labute approximate surface area is 116 Å². The summed E-state index contributed by atoms with van der Waals surface area (Å²) in [6.07, 6.45) is 9.54. The largest absolute Gasteiger partial charge is 0.508 e. The van der Waals surface area contributed by atoms with Crippen molar-refractivity contribution >= 4 is 6.08 Å². The van der Waals surface area contributed by atoms with Gasteiger partial charge in [0, 0.05) is 11.5 Å². The van der Waals surface area contributed by atoms with Crippen molar-refractivity contribution in [1.82, 2.24) is 0 Å². The smallest absolute Gasteiger partial charge is 0.119 e. The highest BCUT2D eigenvalue weighted by Gasteiger charge is 2.09. The van der Waals surface area contributed by atoms with Gasteiger partial charge in [0.05, 0.1) is 0 Å². The highest BCUT2D eigenvalue weighted by atomic mass is 16.3. The van der Waals surface area contributed by atoms with Crippen molar-refractivity contribution in [2.75, 3.05) is 0 Å². The lowest BCUT2D eigenvalue weighted by molar-refractivity contribution is 0.450. The predicted molar refractivity (Wildman–Crippen MR) is 81.2 cm³/mol. The first kappa shape index (κ1) is 15.4. The molecule has 0 amide bonds. The van der Waals surface area contributed by atoms with Crippen molar-refractivity contribution < 1.29 is 10.2 Å². The summed E-state index contributed by atoms with van der Waals surface area (Å²) in [6, 6.07) is 4.58. The molecule has 104 valence electrons. The molecule has 1 unspecified atom stereocenters. The van der Waals surface area contributed by atoms with Crippen LogP contribution in [0, 0.1) is 11.3 Å². The van der Waals surface area contributed by atoms with Crippen LogP contribution in [0.1, 0.15) is 39.7 Å². The topological polar surface area (TPSA) is 40.5 Å². The first-order valence-electron chi connectivity index (χ1n) is 6.74. The first-order chi connectivity index (χ1) is 8.82. The Hall–Kier alpha value is -1.70. The molecule has 1 atom stereocenters. The average molecular weight is 260 g/mol. The summed E-state index contributed by atoms with van der Waals surface area (Å²) in [7, 11) is 0. The van der Waals surface area contributed by atoms with Gasteiger partial charge < -0.3 is 10.2 Å². The molecular weight excluding hydrogens is 236 g/mol. The molecule has 0 fully saturated rings. The van der Waals surface area contributed by atoms with Crippen LogP contribution in [0.5, 0.6) is 11.5 Å². The van der Waals surface area contributed by atoms with Crippen LogP contribution in [-0.2, 0) is 0 Å². The Morgan fingerprint density at radius 1 is 1.11 bits per heavy atom. The van der Waals surface area contributed by atoms with Gasteiger partial charge in [0.1, 0.15) is 11.5 Å². The van der Waals surface area contributed by atoms with E-state index in [1.165, 1.54) is 6.07 Å². The standard InChI is InChI=1S/C17H24O2/c1-5-13(2)6-8-17(3,4)9-7-14-10-15(18)12-16(19)11-14/h6-13,18-19H,5H2,1-4H3. The molecule has 2 nitrogen and oxygen atoms in total.